The van der Waals surface area contributed by atoms with E-state index in [0.717, 1.165) is 24.3 Å². The van der Waals surface area contributed by atoms with Gasteiger partial charge in [-0.3, -0.25) is 9.59 Å². The van der Waals surface area contributed by atoms with Gasteiger partial charge in [0.05, 0.1) is 11.3 Å². The number of amides is 2. The predicted octanol–water partition coefficient (Wildman–Crippen LogP) is 4.45. The maximum absolute atomic E-state index is 13.6. The molecule has 0 bridgehead atoms. The molecular weight excluding hydrogens is 352 g/mol. The first-order valence-electron chi connectivity index (χ1n) is 7.56. The quantitative estimate of drug-likeness (QED) is 0.619. The average molecular weight is 368 g/mol. The van der Waals surface area contributed by atoms with Gasteiger partial charge in [-0.05, 0) is 44.2 Å². The molecule has 0 radical (unpaired) electrons. The molecule has 0 spiro atoms. The van der Waals surface area contributed by atoms with Crippen molar-refractivity contribution in [2.45, 2.75) is 20.0 Å². The first-order valence-corrected chi connectivity index (χ1v) is 7.56. The van der Waals surface area contributed by atoms with Crippen molar-refractivity contribution < 1.29 is 27.2 Å². The van der Waals surface area contributed by atoms with Crippen molar-refractivity contribution >= 4 is 23.2 Å². The Morgan fingerprint density at radius 3 is 2.12 bits per heavy atom. The van der Waals surface area contributed by atoms with Gasteiger partial charge in [-0.25, -0.2) is 4.39 Å². The predicted molar refractivity (Wildman–Crippen MR) is 88.9 cm³/mol. The number of nitrogens with one attached hydrogen (secondary N) is 2. The minimum atomic E-state index is -4.56. The van der Waals surface area contributed by atoms with E-state index in [-0.39, 0.29) is 11.4 Å². The number of rotatable bonds is 4. The summed E-state index contributed by atoms with van der Waals surface area (Å²) in [6.45, 7) is 2.57. The molecule has 26 heavy (non-hydrogen) atoms. The molecule has 0 saturated heterocycles. The minimum absolute atomic E-state index is 0.0996. The van der Waals surface area contributed by atoms with Crippen LogP contribution in [0.4, 0.5) is 28.9 Å². The summed E-state index contributed by atoms with van der Waals surface area (Å²) in [6, 6.07) is 9.47. The lowest BCUT2D eigenvalue weighted by Gasteiger charge is -2.23. The number of anilines is 2. The van der Waals surface area contributed by atoms with Crippen LogP contribution in [0.25, 0.3) is 0 Å². The van der Waals surface area contributed by atoms with Crippen LogP contribution in [0.15, 0.2) is 48.5 Å². The number of para-hydroxylation sites is 1. The lowest BCUT2D eigenvalue weighted by Crippen LogP contribution is -2.41. The summed E-state index contributed by atoms with van der Waals surface area (Å²) in [6.07, 6.45) is -4.56. The van der Waals surface area contributed by atoms with Crippen LogP contribution >= 0.6 is 0 Å². The third-order valence-corrected chi connectivity index (χ3v) is 3.71. The molecule has 0 aliphatic heterocycles. The van der Waals surface area contributed by atoms with E-state index >= 15 is 0 Å². The van der Waals surface area contributed by atoms with Crippen molar-refractivity contribution in [2.24, 2.45) is 5.41 Å². The largest absolute Gasteiger partial charge is 0.416 e. The number of hydrogen-bond donors (Lipinski definition) is 2. The second-order valence-corrected chi connectivity index (χ2v) is 6.09. The van der Waals surface area contributed by atoms with Crippen LogP contribution in [0.1, 0.15) is 19.4 Å². The Labute approximate surface area is 147 Å². The molecule has 2 amide bonds. The highest BCUT2D eigenvalue weighted by molar-refractivity contribution is 6.14. The molecule has 0 aliphatic rings. The summed E-state index contributed by atoms with van der Waals surface area (Å²) in [4.78, 5) is 24.7. The molecule has 2 rings (SSSR count). The van der Waals surface area contributed by atoms with E-state index in [1.807, 2.05) is 0 Å². The van der Waals surface area contributed by atoms with E-state index in [0.29, 0.717) is 0 Å². The molecule has 0 atom stereocenters. The highest BCUT2D eigenvalue weighted by Crippen LogP contribution is 2.31. The van der Waals surface area contributed by atoms with Crippen molar-refractivity contribution in [3.63, 3.8) is 0 Å². The van der Waals surface area contributed by atoms with Gasteiger partial charge in [0.1, 0.15) is 11.2 Å². The van der Waals surface area contributed by atoms with Crippen LogP contribution in [0.2, 0.25) is 0 Å². The summed E-state index contributed by atoms with van der Waals surface area (Å²) in [7, 11) is 0. The van der Waals surface area contributed by atoms with Gasteiger partial charge in [-0.1, -0.05) is 18.2 Å². The van der Waals surface area contributed by atoms with Gasteiger partial charge >= 0.3 is 6.18 Å². The van der Waals surface area contributed by atoms with E-state index in [4.69, 9.17) is 0 Å². The number of hydrogen-bond acceptors (Lipinski definition) is 2. The van der Waals surface area contributed by atoms with Crippen molar-refractivity contribution in [2.75, 3.05) is 10.6 Å². The number of carbonyl (C=O) groups is 2. The fraction of sp³-hybridized carbons (Fsp3) is 0.222. The Hall–Kier alpha value is -2.90. The summed E-state index contributed by atoms with van der Waals surface area (Å²) in [5.41, 5.74) is -2.78. The molecule has 0 fully saturated rings. The van der Waals surface area contributed by atoms with Gasteiger partial charge in [-0.15, -0.1) is 0 Å². The molecule has 8 heteroatoms. The van der Waals surface area contributed by atoms with Crippen LogP contribution in [0, 0.1) is 11.2 Å². The summed E-state index contributed by atoms with van der Waals surface area (Å²) in [5, 5.41) is 4.58. The number of benzene rings is 2. The zero-order valence-electron chi connectivity index (χ0n) is 13.9. The summed E-state index contributed by atoms with van der Waals surface area (Å²) < 4.78 is 51.8. The Kier molecular flexibility index (Phi) is 5.34. The molecular formula is C18H16F4N2O2. The van der Waals surface area contributed by atoms with Gasteiger partial charge in [0.2, 0.25) is 11.8 Å². The molecule has 0 aromatic heterocycles. The van der Waals surface area contributed by atoms with Crippen LogP contribution < -0.4 is 10.6 Å². The zero-order chi connectivity index (χ0) is 19.5. The van der Waals surface area contributed by atoms with E-state index in [1.54, 1.807) is 0 Å². The molecule has 2 N–H and O–H groups in total. The third kappa shape index (κ3) is 4.38. The SMILES string of the molecule is CC(C)(C(=O)Nc1cccc(C(F)(F)F)c1)C(=O)Nc1ccccc1F. The fourth-order valence-electron chi connectivity index (χ4n) is 2.00. The van der Waals surface area contributed by atoms with E-state index in [1.165, 1.54) is 38.1 Å². The van der Waals surface area contributed by atoms with E-state index < -0.39 is 34.8 Å². The third-order valence-electron chi connectivity index (χ3n) is 3.71. The van der Waals surface area contributed by atoms with Crippen LogP contribution in [-0.4, -0.2) is 11.8 Å². The highest BCUT2D eigenvalue weighted by Gasteiger charge is 2.37. The number of alkyl halides is 3. The monoisotopic (exact) mass is 368 g/mol. The van der Waals surface area contributed by atoms with Crippen molar-refractivity contribution in [3.05, 3.63) is 59.9 Å². The fourth-order valence-corrected chi connectivity index (χ4v) is 2.00. The molecule has 0 aliphatic carbocycles. The van der Waals surface area contributed by atoms with Crippen molar-refractivity contribution in [1.82, 2.24) is 0 Å². The lowest BCUT2D eigenvalue weighted by atomic mass is 9.90. The Balaban J connectivity index is 2.15. The number of carbonyl (C=O) groups excluding carboxylic acids is 2. The van der Waals surface area contributed by atoms with Crippen molar-refractivity contribution in [1.29, 1.82) is 0 Å². The first kappa shape index (κ1) is 19.4. The molecule has 138 valence electrons. The maximum Gasteiger partial charge on any atom is 0.416 e. The smallest absolute Gasteiger partial charge is 0.325 e. The van der Waals surface area contributed by atoms with Gasteiger partial charge in [0.15, 0.2) is 0 Å². The van der Waals surface area contributed by atoms with Gasteiger partial charge in [-0.2, -0.15) is 13.2 Å². The van der Waals surface area contributed by atoms with Crippen molar-refractivity contribution in [3.8, 4) is 0 Å². The summed E-state index contributed by atoms with van der Waals surface area (Å²) in [5.74, 6) is -2.30. The molecule has 2 aromatic rings. The molecule has 0 heterocycles. The average Bonchev–Trinajstić information content (AvgIpc) is 2.56. The molecule has 2 aromatic carbocycles. The van der Waals surface area contributed by atoms with Crippen LogP contribution in [0.3, 0.4) is 0 Å². The standard InChI is InChI=1S/C18H16F4N2O2/c1-17(2,16(26)24-14-9-4-3-8-13(14)19)15(25)23-12-7-5-6-11(10-12)18(20,21)22/h3-10H,1-2H3,(H,23,25)(H,24,26). The van der Waals surface area contributed by atoms with Crippen LogP contribution in [-0.2, 0) is 15.8 Å². The minimum Gasteiger partial charge on any atom is -0.325 e. The normalized spacial score (nSPS) is 11.8. The summed E-state index contributed by atoms with van der Waals surface area (Å²) >= 11 is 0. The zero-order valence-corrected chi connectivity index (χ0v) is 13.9. The van der Waals surface area contributed by atoms with E-state index in [9.17, 15) is 27.2 Å². The molecule has 0 saturated carbocycles. The van der Waals surface area contributed by atoms with Gasteiger partial charge in [0.25, 0.3) is 0 Å². The van der Waals surface area contributed by atoms with Gasteiger partial charge in [0, 0.05) is 5.69 Å². The first-order chi connectivity index (χ1) is 12.0. The van der Waals surface area contributed by atoms with E-state index in [2.05, 4.69) is 10.6 Å². The van der Waals surface area contributed by atoms with Crippen LogP contribution in [0.5, 0.6) is 0 Å². The number of halogens is 4. The highest BCUT2D eigenvalue weighted by atomic mass is 19.4. The second-order valence-electron chi connectivity index (χ2n) is 6.09. The Bertz CT molecular complexity index is 832. The maximum atomic E-state index is 13.6. The molecule has 4 nitrogen and oxygen atoms in total. The Morgan fingerprint density at radius 1 is 0.885 bits per heavy atom. The topological polar surface area (TPSA) is 58.2 Å². The second kappa shape index (κ2) is 7.15. The molecule has 0 unspecified atom stereocenters. The Morgan fingerprint density at radius 2 is 1.50 bits per heavy atom. The van der Waals surface area contributed by atoms with Gasteiger partial charge < -0.3 is 10.6 Å². The lowest BCUT2D eigenvalue weighted by molar-refractivity contribution is -0.138.